The number of hydrogen-bond acceptors (Lipinski definition) is 4. The lowest BCUT2D eigenvalue weighted by molar-refractivity contribution is 0.410. The Hall–Kier alpha value is -1.94. The normalized spacial score (nSPS) is 10.4. The molecular formula is C14H17N3O. The van der Waals surface area contributed by atoms with Crippen LogP contribution in [0.3, 0.4) is 0 Å². The molecule has 94 valence electrons. The van der Waals surface area contributed by atoms with Crippen LogP contribution in [-0.2, 0) is 13.0 Å². The summed E-state index contributed by atoms with van der Waals surface area (Å²) in [6.45, 7) is 2.51. The van der Waals surface area contributed by atoms with Gasteiger partial charge in [0.15, 0.2) is 0 Å². The number of ether oxygens (including phenoxy) is 1. The molecule has 0 spiro atoms. The van der Waals surface area contributed by atoms with Gasteiger partial charge in [-0.1, -0.05) is 6.92 Å². The van der Waals surface area contributed by atoms with Gasteiger partial charge in [-0.05, 0) is 42.3 Å². The monoisotopic (exact) mass is 243 g/mol. The van der Waals surface area contributed by atoms with Crippen molar-refractivity contribution in [3.05, 3.63) is 41.6 Å². The van der Waals surface area contributed by atoms with E-state index in [0.717, 1.165) is 29.1 Å². The molecule has 0 saturated heterocycles. The molecule has 0 aliphatic heterocycles. The van der Waals surface area contributed by atoms with Gasteiger partial charge in [0.2, 0.25) is 0 Å². The third-order valence-electron chi connectivity index (χ3n) is 2.89. The Balaban J connectivity index is 2.37. The van der Waals surface area contributed by atoms with Crippen molar-refractivity contribution in [3.8, 4) is 17.0 Å². The van der Waals surface area contributed by atoms with E-state index < -0.39 is 0 Å². The molecule has 1 aromatic heterocycles. The maximum absolute atomic E-state index is 5.50. The SMILES string of the molecule is CCc1cc(-c2ccc(CN)nn2)ccc1OC. The predicted molar refractivity (Wildman–Crippen MR) is 71.3 cm³/mol. The topological polar surface area (TPSA) is 61.0 Å². The minimum absolute atomic E-state index is 0.413. The Morgan fingerprint density at radius 1 is 1.17 bits per heavy atom. The van der Waals surface area contributed by atoms with Crippen LogP contribution in [0, 0.1) is 0 Å². The second-order valence-corrected chi connectivity index (χ2v) is 3.99. The summed E-state index contributed by atoms with van der Waals surface area (Å²) in [6.07, 6.45) is 0.922. The maximum atomic E-state index is 5.50. The van der Waals surface area contributed by atoms with Crippen LogP contribution >= 0.6 is 0 Å². The molecule has 0 amide bonds. The van der Waals surface area contributed by atoms with Crippen molar-refractivity contribution in [1.82, 2.24) is 10.2 Å². The molecule has 0 radical (unpaired) electrons. The highest BCUT2D eigenvalue weighted by Crippen LogP contribution is 2.25. The lowest BCUT2D eigenvalue weighted by Crippen LogP contribution is -2.01. The second-order valence-electron chi connectivity index (χ2n) is 3.99. The first-order valence-electron chi connectivity index (χ1n) is 5.98. The fourth-order valence-electron chi connectivity index (χ4n) is 1.84. The molecule has 1 heterocycles. The summed E-state index contributed by atoms with van der Waals surface area (Å²) >= 11 is 0. The van der Waals surface area contributed by atoms with Gasteiger partial charge in [-0.3, -0.25) is 0 Å². The van der Waals surface area contributed by atoms with Crippen LogP contribution in [0.2, 0.25) is 0 Å². The van der Waals surface area contributed by atoms with Gasteiger partial charge in [0.1, 0.15) is 5.75 Å². The number of hydrogen-bond donors (Lipinski definition) is 1. The largest absolute Gasteiger partial charge is 0.496 e. The fourth-order valence-corrected chi connectivity index (χ4v) is 1.84. The van der Waals surface area contributed by atoms with Gasteiger partial charge in [0.25, 0.3) is 0 Å². The summed E-state index contributed by atoms with van der Waals surface area (Å²) in [4.78, 5) is 0. The molecule has 0 aliphatic carbocycles. The molecular weight excluding hydrogens is 226 g/mol. The van der Waals surface area contributed by atoms with Crippen molar-refractivity contribution in [2.24, 2.45) is 5.73 Å². The number of methoxy groups -OCH3 is 1. The Morgan fingerprint density at radius 2 is 2.00 bits per heavy atom. The van der Waals surface area contributed by atoms with Crippen molar-refractivity contribution in [3.63, 3.8) is 0 Å². The molecule has 0 bridgehead atoms. The zero-order valence-corrected chi connectivity index (χ0v) is 10.7. The van der Waals surface area contributed by atoms with E-state index in [0.29, 0.717) is 6.54 Å². The van der Waals surface area contributed by atoms with E-state index >= 15 is 0 Å². The van der Waals surface area contributed by atoms with Crippen LogP contribution < -0.4 is 10.5 Å². The minimum Gasteiger partial charge on any atom is -0.496 e. The quantitative estimate of drug-likeness (QED) is 0.894. The molecule has 2 rings (SSSR count). The Bertz CT molecular complexity index is 523. The minimum atomic E-state index is 0.413. The summed E-state index contributed by atoms with van der Waals surface area (Å²) in [5.74, 6) is 0.910. The molecule has 4 heteroatoms. The fraction of sp³-hybridized carbons (Fsp3) is 0.286. The first kappa shape index (κ1) is 12.5. The maximum Gasteiger partial charge on any atom is 0.122 e. The highest BCUT2D eigenvalue weighted by Gasteiger charge is 2.06. The van der Waals surface area contributed by atoms with E-state index in [9.17, 15) is 0 Å². The molecule has 0 fully saturated rings. The van der Waals surface area contributed by atoms with Crippen LogP contribution in [-0.4, -0.2) is 17.3 Å². The summed E-state index contributed by atoms with van der Waals surface area (Å²) < 4.78 is 5.31. The molecule has 18 heavy (non-hydrogen) atoms. The molecule has 2 aromatic rings. The average molecular weight is 243 g/mol. The van der Waals surface area contributed by atoms with Gasteiger partial charge < -0.3 is 10.5 Å². The van der Waals surface area contributed by atoms with Crippen LogP contribution in [0.5, 0.6) is 5.75 Å². The number of nitrogens with zero attached hydrogens (tertiary/aromatic N) is 2. The van der Waals surface area contributed by atoms with Crippen molar-refractivity contribution >= 4 is 0 Å². The van der Waals surface area contributed by atoms with Gasteiger partial charge in [0, 0.05) is 12.1 Å². The Kier molecular flexibility index (Phi) is 3.89. The van der Waals surface area contributed by atoms with E-state index in [4.69, 9.17) is 10.5 Å². The third kappa shape index (κ3) is 2.49. The first-order chi connectivity index (χ1) is 8.78. The van der Waals surface area contributed by atoms with Crippen LogP contribution in [0.15, 0.2) is 30.3 Å². The standard InChI is InChI=1S/C14H17N3O/c1-3-10-8-11(4-7-14(10)18-2)13-6-5-12(9-15)16-17-13/h4-8H,3,9,15H2,1-2H3. The van der Waals surface area contributed by atoms with E-state index in [-0.39, 0.29) is 0 Å². The van der Waals surface area contributed by atoms with Gasteiger partial charge in [-0.2, -0.15) is 10.2 Å². The highest BCUT2D eigenvalue weighted by molar-refractivity contribution is 5.61. The Morgan fingerprint density at radius 3 is 2.56 bits per heavy atom. The molecule has 0 saturated carbocycles. The zero-order valence-electron chi connectivity index (χ0n) is 10.7. The molecule has 2 N–H and O–H groups in total. The zero-order chi connectivity index (χ0) is 13.0. The lowest BCUT2D eigenvalue weighted by Gasteiger charge is -2.08. The number of rotatable bonds is 4. The van der Waals surface area contributed by atoms with Crippen LogP contribution in [0.4, 0.5) is 0 Å². The number of benzene rings is 1. The number of aryl methyl sites for hydroxylation is 1. The molecule has 0 atom stereocenters. The third-order valence-corrected chi connectivity index (χ3v) is 2.89. The Labute approximate surface area is 107 Å². The molecule has 0 aliphatic rings. The summed E-state index contributed by atoms with van der Waals surface area (Å²) in [7, 11) is 1.68. The van der Waals surface area contributed by atoms with Crippen molar-refractivity contribution < 1.29 is 4.74 Å². The van der Waals surface area contributed by atoms with Gasteiger partial charge >= 0.3 is 0 Å². The first-order valence-corrected chi connectivity index (χ1v) is 5.98. The summed E-state index contributed by atoms with van der Waals surface area (Å²) in [5.41, 5.74) is 9.36. The van der Waals surface area contributed by atoms with Crippen LogP contribution in [0.1, 0.15) is 18.2 Å². The van der Waals surface area contributed by atoms with Gasteiger partial charge in [0.05, 0.1) is 18.5 Å². The van der Waals surface area contributed by atoms with E-state index in [1.807, 2.05) is 24.3 Å². The van der Waals surface area contributed by atoms with E-state index in [2.05, 4.69) is 23.2 Å². The highest BCUT2D eigenvalue weighted by atomic mass is 16.5. The number of aromatic nitrogens is 2. The predicted octanol–water partition coefficient (Wildman–Crippen LogP) is 2.17. The molecule has 4 nitrogen and oxygen atoms in total. The van der Waals surface area contributed by atoms with Crippen molar-refractivity contribution in [1.29, 1.82) is 0 Å². The van der Waals surface area contributed by atoms with Crippen molar-refractivity contribution in [2.75, 3.05) is 7.11 Å². The van der Waals surface area contributed by atoms with E-state index in [1.54, 1.807) is 7.11 Å². The summed E-state index contributed by atoms with van der Waals surface area (Å²) in [5, 5.41) is 8.25. The molecule has 1 aromatic carbocycles. The number of nitrogens with two attached hydrogens (primary N) is 1. The van der Waals surface area contributed by atoms with Crippen LogP contribution in [0.25, 0.3) is 11.3 Å². The average Bonchev–Trinajstić information content (AvgIpc) is 2.46. The second kappa shape index (κ2) is 5.60. The van der Waals surface area contributed by atoms with Crippen molar-refractivity contribution in [2.45, 2.75) is 19.9 Å². The lowest BCUT2D eigenvalue weighted by atomic mass is 10.0. The summed E-state index contributed by atoms with van der Waals surface area (Å²) in [6, 6.07) is 9.89. The molecule has 0 unspecified atom stereocenters. The van der Waals surface area contributed by atoms with Gasteiger partial charge in [-0.25, -0.2) is 0 Å². The van der Waals surface area contributed by atoms with Gasteiger partial charge in [-0.15, -0.1) is 0 Å². The van der Waals surface area contributed by atoms with E-state index in [1.165, 1.54) is 5.56 Å². The smallest absolute Gasteiger partial charge is 0.122 e.